The predicted molar refractivity (Wildman–Crippen MR) is 132 cm³/mol. The van der Waals surface area contributed by atoms with Crippen molar-refractivity contribution >= 4 is 45.9 Å². The molecule has 0 fully saturated rings. The first kappa shape index (κ1) is 27.1. The van der Waals surface area contributed by atoms with Gasteiger partial charge >= 0.3 is 11.9 Å². The van der Waals surface area contributed by atoms with Crippen LogP contribution in [0.25, 0.3) is 0 Å². The molecule has 3 aromatic rings. The van der Waals surface area contributed by atoms with Crippen molar-refractivity contribution in [2.75, 3.05) is 25.3 Å². The van der Waals surface area contributed by atoms with E-state index in [1.807, 2.05) is 11.5 Å². The zero-order chi connectivity index (χ0) is 26.4. The summed E-state index contributed by atoms with van der Waals surface area (Å²) in [5.41, 5.74) is 0.471. The number of carbonyl (C=O) groups is 3. The van der Waals surface area contributed by atoms with Crippen LogP contribution >= 0.6 is 23.1 Å². The molecule has 1 aromatic carbocycles. The number of thioether (sulfide) groups is 1. The number of ether oxygens (including phenoxy) is 3. The Hall–Kier alpha value is -3.45. The number of benzene rings is 1. The van der Waals surface area contributed by atoms with Gasteiger partial charge in [-0.15, -0.1) is 21.5 Å². The standard InChI is InChI=1S/C23H25FN4O6S2/c1-6-28-19(13(3)34-15-9-7-14(24)8-10-15)26-27-23(28)35-11-16(29)25-20-17(21(30)32-4)12(2)18(36-20)22(31)33-5/h7-10,13H,6,11H2,1-5H3,(H,25,29). The minimum atomic E-state index is -0.674. The Labute approximate surface area is 215 Å². The second kappa shape index (κ2) is 12.0. The highest BCUT2D eigenvalue weighted by Gasteiger charge is 2.27. The Morgan fingerprint density at radius 3 is 2.42 bits per heavy atom. The topological polar surface area (TPSA) is 122 Å². The summed E-state index contributed by atoms with van der Waals surface area (Å²) in [7, 11) is 2.45. The number of nitrogens with one attached hydrogen (secondary N) is 1. The number of hydrogen-bond acceptors (Lipinski definition) is 10. The van der Waals surface area contributed by atoms with Gasteiger partial charge in [-0.3, -0.25) is 4.79 Å². The molecule has 2 aromatic heterocycles. The number of esters is 2. The third-order valence-corrected chi connectivity index (χ3v) is 7.20. The molecule has 1 N–H and O–H groups in total. The molecule has 2 heterocycles. The average molecular weight is 537 g/mol. The molecular formula is C23H25FN4O6S2. The molecule has 13 heteroatoms. The fraction of sp³-hybridized carbons (Fsp3) is 0.348. The molecular weight excluding hydrogens is 511 g/mol. The molecule has 0 aliphatic heterocycles. The molecule has 1 amide bonds. The molecule has 36 heavy (non-hydrogen) atoms. The number of methoxy groups -OCH3 is 2. The van der Waals surface area contributed by atoms with Gasteiger partial charge in [0, 0.05) is 6.54 Å². The number of amides is 1. The number of nitrogens with zero attached hydrogens (tertiary/aromatic N) is 3. The van der Waals surface area contributed by atoms with Crippen LogP contribution in [0.1, 0.15) is 51.4 Å². The number of rotatable bonds is 10. The van der Waals surface area contributed by atoms with Crippen LogP contribution in [0.3, 0.4) is 0 Å². The van der Waals surface area contributed by atoms with Gasteiger partial charge in [-0.05, 0) is 50.6 Å². The first-order chi connectivity index (χ1) is 17.2. The highest BCUT2D eigenvalue weighted by Crippen LogP contribution is 2.34. The predicted octanol–water partition coefficient (Wildman–Crippen LogP) is 4.25. The summed E-state index contributed by atoms with van der Waals surface area (Å²) in [6.07, 6.45) is -0.473. The van der Waals surface area contributed by atoms with E-state index in [0.717, 1.165) is 23.1 Å². The average Bonchev–Trinajstić information content (AvgIpc) is 3.43. The number of halogens is 1. The van der Waals surface area contributed by atoms with Gasteiger partial charge in [-0.2, -0.15) is 0 Å². The van der Waals surface area contributed by atoms with Crippen molar-refractivity contribution in [3.63, 3.8) is 0 Å². The van der Waals surface area contributed by atoms with E-state index in [0.29, 0.717) is 28.8 Å². The third-order valence-electron chi connectivity index (χ3n) is 5.04. The van der Waals surface area contributed by atoms with Crippen molar-refractivity contribution in [1.29, 1.82) is 0 Å². The number of carbonyl (C=O) groups excluding carboxylic acids is 3. The van der Waals surface area contributed by atoms with Crippen LogP contribution in [0.5, 0.6) is 5.75 Å². The SMILES string of the molecule is CCn1c(SCC(=O)Nc2sc(C(=O)OC)c(C)c2C(=O)OC)nnc1C(C)Oc1ccc(F)cc1. The maximum absolute atomic E-state index is 13.1. The summed E-state index contributed by atoms with van der Waals surface area (Å²) in [4.78, 5) is 37.2. The summed E-state index contributed by atoms with van der Waals surface area (Å²) in [5.74, 6) is -1.05. The number of hydrogen-bond donors (Lipinski definition) is 1. The van der Waals surface area contributed by atoms with Gasteiger partial charge in [-0.1, -0.05) is 11.8 Å². The monoisotopic (exact) mass is 536 g/mol. The minimum Gasteiger partial charge on any atom is -0.483 e. The smallest absolute Gasteiger partial charge is 0.348 e. The number of anilines is 1. The van der Waals surface area contributed by atoms with Crippen LogP contribution in [-0.4, -0.2) is 52.6 Å². The highest BCUT2D eigenvalue weighted by atomic mass is 32.2. The molecule has 192 valence electrons. The summed E-state index contributed by atoms with van der Waals surface area (Å²) >= 11 is 2.10. The van der Waals surface area contributed by atoms with Crippen molar-refractivity contribution in [1.82, 2.24) is 14.8 Å². The fourth-order valence-electron chi connectivity index (χ4n) is 3.30. The van der Waals surface area contributed by atoms with Crippen molar-refractivity contribution in [3.8, 4) is 5.75 Å². The maximum Gasteiger partial charge on any atom is 0.348 e. The molecule has 3 rings (SSSR count). The lowest BCUT2D eigenvalue weighted by Gasteiger charge is -2.15. The molecule has 1 atom stereocenters. The summed E-state index contributed by atoms with van der Waals surface area (Å²) in [6.45, 7) is 5.82. The molecule has 0 aliphatic rings. The summed E-state index contributed by atoms with van der Waals surface area (Å²) in [6, 6.07) is 5.67. The second-order valence-electron chi connectivity index (χ2n) is 7.38. The Bertz CT molecular complexity index is 1260. The third kappa shape index (κ3) is 6.02. The first-order valence-electron chi connectivity index (χ1n) is 10.8. The Balaban J connectivity index is 1.71. The van der Waals surface area contributed by atoms with E-state index < -0.39 is 23.9 Å². The van der Waals surface area contributed by atoms with E-state index in [9.17, 15) is 18.8 Å². The van der Waals surface area contributed by atoms with E-state index in [-0.39, 0.29) is 27.0 Å². The lowest BCUT2D eigenvalue weighted by molar-refractivity contribution is -0.113. The van der Waals surface area contributed by atoms with E-state index in [2.05, 4.69) is 15.5 Å². The second-order valence-corrected chi connectivity index (χ2v) is 9.34. The quantitative estimate of drug-likeness (QED) is 0.299. The first-order valence-corrected chi connectivity index (χ1v) is 12.6. The zero-order valence-corrected chi connectivity index (χ0v) is 21.9. The highest BCUT2D eigenvalue weighted by molar-refractivity contribution is 7.99. The lowest BCUT2D eigenvalue weighted by atomic mass is 10.1. The van der Waals surface area contributed by atoms with Gasteiger partial charge in [0.25, 0.3) is 0 Å². The molecule has 0 radical (unpaired) electrons. The van der Waals surface area contributed by atoms with E-state index in [4.69, 9.17) is 14.2 Å². The molecule has 0 saturated heterocycles. The van der Waals surface area contributed by atoms with E-state index >= 15 is 0 Å². The van der Waals surface area contributed by atoms with Crippen molar-refractivity contribution in [2.45, 2.75) is 38.6 Å². The minimum absolute atomic E-state index is 0.0313. The fourth-order valence-corrected chi connectivity index (χ4v) is 5.24. The molecule has 1 unspecified atom stereocenters. The van der Waals surface area contributed by atoms with Gasteiger partial charge in [0.1, 0.15) is 21.4 Å². The van der Waals surface area contributed by atoms with Crippen LogP contribution in [0.15, 0.2) is 29.4 Å². The molecule has 0 saturated carbocycles. The Morgan fingerprint density at radius 1 is 1.14 bits per heavy atom. The van der Waals surface area contributed by atoms with Crippen molar-refractivity contribution in [3.05, 3.63) is 51.9 Å². The Kier molecular flexibility index (Phi) is 9.04. The lowest BCUT2D eigenvalue weighted by Crippen LogP contribution is -2.17. The van der Waals surface area contributed by atoms with Gasteiger partial charge in [0.2, 0.25) is 5.91 Å². The van der Waals surface area contributed by atoms with Gasteiger partial charge < -0.3 is 24.1 Å². The molecule has 0 bridgehead atoms. The number of thiophene rings is 1. The molecule has 0 spiro atoms. The Morgan fingerprint density at radius 2 is 1.81 bits per heavy atom. The van der Waals surface area contributed by atoms with Gasteiger partial charge in [0.15, 0.2) is 17.1 Å². The van der Waals surface area contributed by atoms with Gasteiger partial charge in [-0.25, -0.2) is 14.0 Å². The van der Waals surface area contributed by atoms with Gasteiger partial charge in [0.05, 0.1) is 25.5 Å². The van der Waals surface area contributed by atoms with E-state index in [1.165, 1.54) is 38.5 Å². The van der Waals surface area contributed by atoms with Crippen molar-refractivity contribution < 1.29 is 33.0 Å². The summed E-state index contributed by atoms with van der Waals surface area (Å²) < 4.78 is 30.4. The van der Waals surface area contributed by atoms with Crippen LogP contribution in [0.4, 0.5) is 9.39 Å². The molecule has 0 aliphatic carbocycles. The molecule has 10 nitrogen and oxygen atoms in total. The largest absolute Gasteiger partial charge is 0.483 e. The van der Waals surface area contributed by atoms with Crippen LogP contribution in [0.2, 0.25) is 0 Å². The van der Waals surface area contributed by atoms with Crippen molar-refractivity contribution in [2.24, 2.45) is 0 Å². The van der Waals surface area contributed by atoms with Crippen LogP contribution in [0, 0.1) is 12.7 Å². The van der Waals surface area contributed by atoms with Crippen LogP contribution in [-0.2, 0) is 20.8 Å². The zero-order valence-electron chi connectivity index (χ0n) is 20.3. The summed E-state index contributed by atoms with van der Waals surface area (Å²) in [5, 5.41) is 11.8. The maximum atomic E-state index is 13.1. The number of aromatic nitrogens is 3. The normalized spacial score (nSPS) is 11.6. The van der Waals surface area contributed by atoms with E-state index in [1.54, 1.807) is 13.8 Å². The van der Waals surface area contributed by atoms with Crippen LogP contribution < -0.4 is 10.1 Å².